The Morgan fingerprint density at radius 1 is 1.64 bits per heavy atom. The van der Waals surface area contributed by atoms with Gasteiger partial charge in [0.25, 0.3) is 0 Å². The molecule has 0 saturated carbocycles. The van der Waals surface area contributed by atoms with Gasteiger partial charge in [0.15, 0.2) is 0 Å². The van der Waals surface area contributed by atoms with Crippen LogP contribution in [0.2, 0.25) is 0 Å². The van der Waals surface area contributed by atoms with Crippen molar-refractivity contribution >= 4 is 0 Å². The summed E-state index contributed by atoms with van der Waals surface area (Å²) in [4.78, 5) is 0. The Morgan fingerprint density at radius 3 is 3.29 bits per heavy atom. The van der Waals surface area contributed by atoms with E-state index in [9.17, 15) is 0 Å². The van der Waals surface area contributed by atoms with E-state index < -0.39 is 0 Å². The summed E-state index contributed by atoms with van der Waals surface area (Å²) in [5, 5.41) is 20.1. The average Bonchev–Trinajstić information content (AvgIpc) is 2.67. The quantitative estimate of drug-likeness (QED) is 0.701. The van der Waals surface area contributed by atoms with E-state index in [4.69, 9.17) is 5.11 Å². The van der Waals surface area contributed by atoms with Gasteiger partial charge in [0.2, 0.25) is 0 Å². The predicted molar refractivity (Wildman–Crippen MR) is 51.5 cm³/mol. The van der Waals surface area contributed by atoms with Crippen LogP contribution in [0.1, 0.15) is 18.5 Å². The molecule has 0 aromatic carbocycles. The van der Waals surface area contributed by atoms with Crippen molar-refractivity contribution in [2.24, 2.45) is 5.92 Å². The monoisotopic (exact) mass is 196 g/mol. The number of aliphatic hydroxyl groups excluding tert-OH is 1. The summed E-state index contributed by atoms with van der Waals surface area (Å²) < 4.78 is 1.80. The molecule has 0 aliphatic carbocycles. The van der Waals surface area contributed by atoms with E-state index in [-0.39, 0.29) is 6.61 Å². The minimum absolute atomic E-state index is 0.0210. The summed E-state index contributed by atoms with van der Waals surface area (Å²) in [5.74, 6) is 0.621. The zero-order valence-corrected chi connectivity index (χ0v) is 8.19. The Morgan fingerprint density at radius 2 is 2.57 bits per heavy atom. The number of nitrogens with zero attached hydrogens (tertiary/aromatic N) is 3. The molecule has 5 nitrogen and oxygen atoms in total. The van der Waals surface area contributed by atoms with Gasteiger partial charge in [0, 0.05) is 6.54 Å². The summed E-state index contributed by atoms with van der Waals surface area (Å²) in [6.45, 7) is 3.06. The first-order chi connectivity index (χ1) is 6.90. The Hall–Kier alpha value is -0.940. The van der Waals surface area contributed by atoms with Crippen LogP contribution in [-0.4, -0.2) is 33.2 Å². The Labute approximate surface area is 83.1 Å². The molecule has 1 aromatic heterocycles. The van der Waals surface area contributed by atoms with Gasteiger partial charge in [-0.05, 0) is 31.8 Å². The molecule has 0 radical (unpaired) electrons. The SMILES string of the molecule is OCc1cnnn1CC1CCCNC1. The number of hydrogen-bond donors (Lipinski definition) is 2. The standard InChI is InChI=1S/C9H16N4O/c14-7-9-5-11-12-13(9)6-8-2-1-3-10-4-8/h5,8,10,14H,1-4,6-7H2. The zero-order valence-electron chi connectivity index (χ0n) is 8.19. The van der Waals surface area contributed by atoms with Crippen molar-refractivity contribution in [1.29, 1.82) is 0 Å². The van der Waals surface area contributed by atoms with Crippen molar-refractivity contribution in [1.82, 2.24) is 20.3 Å². The normalized spacial score (nSPS) is 22.5. The van der Waals surface area contributed by atoms with Crippen LogP contribution >= 0.6 is 0 Å². The van der Waals surface area contributed by atoms with Crippen LogP contribution in [0.25, 0.3) is 0 Å². The Kier molecular flexibility index (Phi) is 3.10. The van der Waals surface area contributed by atoms with Gasteiger partial charge in [-0.1, -0.05) is 5.21 Å². The number of aromatic nitrogens is 3. The first-order valence-electron chi connectivity index (χ1n) is 5.09. The van der Waals surface area contributed by atoms with Gasteiger partial charge in [-0.2, -0.15) is 0 Å². The van der Waals surface area contributed by atoms with Crippen LogP contribution in [-0.2, 0) is 13.2 Å². The van der Waals surface area contributed by atoms with E-state index in [2.05, 4.69) is 15.6 Å². The lowest BCUT2D eigenvalue weighted by molar-refractivity contribution is 0.255. The van der Waals surface area contributed by atoms with E-state index >= 15 is 0 Å². The average molecular weight is 196 g/mol. The van der Waals surface area contributed by atoms with Crippen molar-refractivity contribution in [3.05, 3.63) is 11.9 Å². The largest absolute Gasteiger partial charge is 0.390 e. The maximum Gasteiger partial charge on any atom is 0.0866 e. The molecule has 2 heterocycles. The molecule has 2 rings (SSSR count). The lowest BCUT2D eigenvalue weighted by Gasteiger charge is -2.22. The van der Waals surface area contributed by atoms with Crippen molar-refractivity contribution < 1.29 is 5.11 Å². The van der Waals surface area contributed by atoms with Crippen LogP contribution in [0, 0.1) is 5.92 Å². The van der Waals surface area contributed by atoms with Crippen LogP contribution in [0.3, 0.4) is 0 Å². The third kappa shape index (κ3) is 2.10. The smallest absolute Gasteiger partial charge is 0.0866 e. The molecule has 1 aromatic rings. The van der Waals surface area contributed by atoms with Gasteiger partial charge in [0.1, 0.15) is 0 Å². The summed E-state index contributed by atoms with van der Waals surface area (Å²) >= 11 is 0. The fourth-order valence-corrected chi connectivity index (χ4v) is 1.88. The third-order valence-corrected chi connectivity index (χ3v) is 2.69. The van der Waals surface area contributed by atoms with E-state index in [0.717, 1.165) is 25.3 Å². The molecule has 1 aliphatic rings. The summed E-state index contributed by atoms with van der Waals surface area (Å²) in [6.07, 6.45) is 4.09. The molecular formula is C9H16N4O. The number of aliphatic hydroxyl groups is 1. The maximum atomic E-state index is 9.02. The fourth-order valence-electron chi connectivity index (χ4n) is 1.88. The number of nitrogens with one attached hydrogen (secondary N) is 1. The second-order valence-corrected chi connectivity index (χ2v) is 3.78. The van der Waals surface area contributed by atoms with Crippen molar-refractivity contribution in [2.45, 2.75) is 26.0 Å². The van der Waals surface area contributed by atoms with E-state index in [1.54, 1.807) is 10.9 Å². The first-order valence-corrected chi connectivity index (χ1v) is 5.09. The minimum atomic E-state index is 0.0210. The third-order valence-electron chi connectivity index (χ3n) is 2.69. The van der Waals surface area contributed by atoms with Gasteiger partial charge < -0.3 is 10.4 Å². The predicted octanol–water partition coefficient (Wildman–Crippen LogP) is -0.230. The van der Waals surface area contributed by atoms with E-state index in [1.165, 1.54) is 12.8 Å². The molecular weight excluding hydrogens is 180 g/mol. The lowest BCUT2D eigenvalue weighted by Crippen LogP contribution is -2.32. The minimum Gasteiger partial charge on any atom is -0.390 e. The molecule has 1 unspecified atom stereocenters. The second kappa shape index (κ2) is 4.52. The van der Waals surface area contributed by atoms with Gasteiger partial charge >= 0.3 is 0 Å². The van der Waals surface area contributed by atoms with Crippen LogP contribution < -0.4 is 5.32 Å². The van der Waals surface area contributed by atoms with Crippen molar-refractivity contribution in [2.75, 3.05) is 13.1 Å². The topological polar surface area (TPSA) is 63.0 Å². The first kappa shape index (κ1) is 9.61. The second-order valence-electron chi connectivity index (χ2n) is 3.78. The van der Waals surface area contributed by atoms with Crippen molar-refractivity contribution in [3.63, 3.8) is 0 Å². The number of hydrogen-bond acceptors (Lipinski definition) is 4. The lowest BCUT2D eigenvalue weighted by atomic mass is 10.00. The maximum absolute atomic E-state index is 9.02. The fraction of sp³-hybridized carbons (Fsp3) is 0.778. The molecule has 78 valence electrons. The molecule has 1 atom stereocenters. The molecule has 1 aliphatic heterocycles. The van der Waals surface area contributed by atoms with Gasteiger partial charge in [-0.25, -0.2) is 4.68 Å². The highest BCUT2D eigenvalue weighted by atomic mass is 16.3. The number of rotatable bonds is 3. The van der Waals surface area contributed by atoms with Crippen LogP contribution in [0.4, 0.5) is 0 Å². The van der Waals surface area contributed by atoms with Gasteiger partial charge in [0.05, 0.1) is 18.5 Å². The molecule has 5 heteroatoms. The highest BCUT2D eigenvalue weighted by molar-refractivity contribution is 4.91. The zero-order chi connectivity index (χ0) is 9.80. The molecule has 0 amide bonds. The summed E-state index contributed by atoms with van der Waals surface area (Å²) in [6, 6.07) is 0. The molecule has 0 bridgehead atoms. The molecule has 1 fully saturated rings. The van der Waals surface area contributed by atoms with Gasteiger partial charge in [-0.15, -0.1) is 5.10 Å². The number of piperidine rings is 1. The van der Waals surface area contributed by atoms with Gasteiger partial charge in [-0.3, -0.25) is 0 Å². The Balaban J connectivity index is 1.95. The molecule has 2 N–H and O–H groups in total. The molecule has 14 heavy (non-hydrogen) atoms. The summed E-state index contributed by atoms with van der Waals surface area (Å²) in [5.41, 5.74) is 0.801. The molecule has 0 spiro atoms. The highest BCUT2D eigenvalue weighted by Gasteiger charge is 2.15. The van der Waals surface area contributed by atoms with Crippen LogP contribution in [0.5, 0.6) is 0 Å². The van der Waals surface area contributed by atoms with Crippen molar-refractivity contribution in [3.8, 4) is 0 Å². The van der Waals surface area contributed by atoms with Crippen LogP contribution in [0.15, 0.2) is 6.20 Å². The molecule has 1 saturated heterocycles. The van der Waals surface area contributed by atoms with E-state index in [0.29, 0.717) is 5.92 Å². The van der Waals surface area contributed by atoms with E-state index in [1.807, 2.05) is 0 Å². The summed E-state index contributed by atoms with van der Waals surface area (Å²) in [7, 11) is 0. The highest BCUT2D eigenvalue weighted by Crippen LogP contribution is 2.12. The Bertz CT molecular complexity index is 280.